The van der Waals surface area contributed by atoms with Crippen LogP contribution in [-0.2, 0) is 0 Å². The van der Waals surface area contributed by atoms with E-state index >= 15 is 0 Å². The number of ketones is 1. The fourth-order valence-electron chi connectivity index (χ4n) is 4.50. The highest BCUT2D eigenvalue weighted by atomic mass is 16.1. The molecule has 2 bridgehead atoms. The Labute approximate surface area is 125 Å². The molecule has 0 N–H and O–H groups in total. The van der Waals surface area contributed by atoms with Crippen LogP contribution >= 0.6 is 0 Å². The molecule has 1 aromatic heterocycles. The second-order valence-corrected chi connectivity index (χ2v) is 6.37. The van der Waals surface area contributed by atoms with Crippen molar-refractivity contribution < 1.29 is 4.79 Å². The van der Waals surface area contributed by atoms with Gasteiger partial charge in [-0.2, -0.15) is 0 Å². The monoisotopic (exact) mass is 277 g/mol. The van der Waals surface area contributed by atoms with Gasteiger partial charge in [-0.15, -0.1) is 0 Å². The highest BCUT2D eigenvalue weighted by Crippen LogP contribution is 2.57. The van der Waals surface area contributed by atoms with E-state index in [1.54, 1.807) is 6.20 Å². The van der Waals surface area contributed by atoms with Crippen LogP contribution in [0.2, 0.25) is 0 Å². The van der Waals surface area contributed by atoms with Gasteiger partial charge in [0.05, 0.1) is 0 Å². The molecule has 2 fully saturated rings. The number of fused-ring (bicyclic) bond motifs is 2. The van der Waals surface area contributed by atoms with E-state index in [1.807, 2.05) is 24.3 Å². The summed E-state index contributed by atoms with van der Waals surface area (Å²) in [6.45, 7) is 0. The number of carbonyl (C=O) groups excluding carboxylic acids is 1. The number of pyridine rings is 1. The minimum Gasteiger partial charge on any atom is -0.292 e. The first-order chi connectivity index (χ1) is 10.3. The molecule has 0 aliphatic heterocycles. The Balaban J connectivity index is 1.71. The summed E-state index contributed by atoms with van der Waals surface area (Å²) in [5.74, 6) is 1.99. The van der Waals surface area contributed by atoms with Gasteiger partial charge in [0.2, 0.25) is 0 Å². The Hall–Kier alpha value is -1.96. The quantitative estimate of drug-likeness (QED) is 0.791. The van der Waals surface area contributed by atoms with Gasteiger partial charge in [0.1, 0.15) is 5.69 Å². The summed E-state index contributed by atoms with van der Waals surface area (Å²) >= 11 is 0. The summed E-state index contributed by atoms with van der Waals surface area (Å²) in [4.78, 5) is 17.2. The molecule has 0 spiro atoms. The fraction of sp³-hybridized carbons (Fsp3) is 0.368. The molecular weight excluding hydrogens is 258 g/mol. The standard InChI is InChI=1S/C19H19NO/c21-19(16-8-4-5-11-20-16)18-15-10-9-14(12-15)17(18)13-6-2-1-3-7-13/h1-8,11,14-15,17-18H,9-10,12H2/t14-,15+,17+,18+/m0/s1. The maximum Gasteiger partial charge on any atom is 0.185 e. The summed E-state index contributed by atoms with van der Waals surface area (Å²) in [6, 6.07) is 16.2. The SMILES string of the molecule is O=C(c1ccccn1)[C@@H]1[C@@H]2CC[C@@H](C2)[C@H]1c1ccccc1. The number of benzene rings is 1. The highest BCUT2D eigenvalue weighted by Gasteiger charge is 2.51. The molecule has 2 nitrogen and oxygen atoms in total. The average Bonchev–Trinajstić information content (AvgIpc) is 3.17. The zero-order valence-corrected chi connectivity index (χ0v) is 12.0. The molecule has 0 amide bonds. The van der Waals surface area contributed by atoms with Crippen molar-refractivity contribution in [3.63, 3.8) is 0 Å². The second kappa shape index (κ2) is 5.10. The van der Waals surface area contributed by atoms with Crippen LogP contribution in [0.15, 0.2) is 54.7 Å². The van der Waals surface area contributed by atoms with Gasteiger partial charge in [0.15, 0.2) is 5.78 Å². The van der Waals surface area contributed by atoms with Gasteiger partial charge in [-0.25, -0.2) is 0 Å². The molecule has 1 aromatic carbocycles. The summed E-state index contributed by atoms with van der Waals surface area (Å²) in [7, 11) is 0. The van der Waals surface area contributed by atoms with Crippen LogP contribution in [-0.4, -0.2) is 10.8 Å². The normalized spacial score (nSPS) is 30.5. The van der Waals surface area contributed by atoms with Crippen LogP contribution in [0.1, 0.15) is 41.2 Å². The van der Waals surface area contributed by atoms with E-state index in [2.05, 4.69) is 29.2 Å². The zero-order chi connectivity index (χ0) is 14.2. The topological polar surface area (TPSA) is 30.0 Å². The van der Waals surface area contributed by atoms with E-state index < -0.39 is 0 Å². The van der Waals surface area contributed by atoms with Crippen molar-refractivity contribution >= 4 is 5.78 Å². The second-order valence-electron chi connectivity index (χ2n) is 6.37. The highest BCUT2D eigenvalue weighted by molar-refractivity contribution is 5.97. The number of rotatable bonds is 3. The Morgan fingerprint density at radius 2 is 1.71 bits per heavy atom. The maximum absolute atomic E-state index is 13.0. The van der Waals surface area contributed by atoms with Gasteiger partial charge in [-0.3, -0.25) is 9.78 Å². The van der Waals surface area contributed by atoms with E-state index in [0.717, 1.165) is 0 Å². The van der Waals surface area contributed by atoms with Gasteiger partial charge in [-0.1, -0.05) is 36.4 Å². The lowest BCUT2D eigenvalue weighted by Gasteiger charge is -2.30. The van der Waals surface area contributed by atoms with Gasteiger partial charge >= 0.3 is 0 Å². The third-order valence-electron chi connectivity index (χ3n) is 5.32. The van der Waals surface area contributed by atoms with Crippen LogP contribution in [0, 0.1) is 17.8 Å². The minimum atomic E-state index is 0.126. The zero-order valence-electron chi connectivity index (χ0n) is 12.0. The fourth-order valence-corrected chi connectivity index (χ4v) is 4.50. The molecule has 4 atom stereocenters. The molecule has 21 heavy (non-hydrogen) atoms. The lowest BCUT2D eigenvalue weighted by atomic mass is 9.73. The molecule has 106 valence electrons. The van der Waals surface area contributed by atoms with E-state index in [0.29, 0.717) is 23.4 Å². The smallest absolute Gasteiger partial charge is 0.185 e. The first-order valence-corrected chi connectivity index (χ1v) is 7.85. The van der Waals surface area contributed by atoms with Crippen molar-refractivity contribution in [1.82, 2.24) is 4.98 Å². The number of nitrogens with zero attached hydrogens (tertiary/aromatic N) is 1. The van der Waals surface area contributed by atoms with E-state index in [1.165, 1.54) is 24.8 Å². The molecule has 1 heterocycles. The van der Waals surface area contributed by atoms with Crippen LogP contribution < -0.4 is 0 Å². The first-order valence-electron chi connectivity index (χ1n) is 7.85. The molecule has 0 unspecified atom stereocenters. The van der Waals surface area contributed by atoms with E-state index in [4.69, 9.17) is 0 Å². The minimum absolute atomic E-state index is 0.126. The van der Waals surface area contributed by atoms with Crippen molar-refractivity contribution in [3.05, 3.63) is 66.0 Å². The first kappa shape index (κ1) is 12.8. The largest absolute Gasteiger partial charge is 0.292 e. The van der Waals surface area contributed by atoms with Crippen molar-refractivity contribution in [2.24, 2.45) is 17.8 Å². The maximum atomic E-state index is 13.0. The van der Waals surface area contributed by atoms with Gasteiger partial charge < -0.3 is 0 Å². The van der Waals surface area contributed by atoms with E-state index in [9.17, 15) is 4.79 Å². The van der Waals surface area contributed by atoms with Gasteiger partial charge in [-0.05, 0) is 54.7 Å². The molecule has 2 heteroatoms. The third kappa shape index (κ3) is 2.10. The molecular formula is C19H19NO. The third-order valence-corrected chi connectivity index (χ3v) is 5.32. The van der Waals surface area contributed by atoms with Crippen molar-refractivity contribution in [3.8, 4) is 0 Å². The molecule has 2 aliphatic rings. The predicted octanol–water partition coefficient (Wildman–Crippen LogP) is 4.09. The van der Waals surface area contributed by atoms with Gasteiger partial charge in [0.25, 0.3) is 0 Å². The summed E-state index contributed by atoms with van der Waals surface area (Å²) in [5.41, 5.74) is 1.97. The molecule has 2 aliphatic carbocycles. The van der Waals surface area contributed by atoms with Crippen molar-refractivity contribution in [2.75, 3.05) is 0 Å². The molecule has 0 saturated heterocycles. The predicted molar refractivity (Wildman–Crippen MR) is 82.1 cm³/mol. The van der Waals surface area contributed by atoms with Crippen LogP contribution in [0.25, 0.3) is 0 Å². The Morgan fingerprint density at radius 1 is 0.952 bits per heavy atom. The number of carbonyl (C=O) groups is 1. The van der Waals surface area contributed by atoms with Crippen molar-refractivity contribution in [1.29, 1.82) is 0 Å². The number of hydrogen-bond donors (Lipinski definition) is 0. The Kier molecular flexibility index (Phi) is 3.10. The average molecular weight is 277 g/mol. The lowest BCUT2D eigenvalue weighted by Crippen LogP contribution is -2.28. The number of aromatic nitrogens is 1. The summed E-state index contributed by atoms with van der Waals surface area (Å²) in [5, 5.41) is 0. The molecule has 2 saturated carbocycles. The molecule has 0 radical (unpaired) electrons. The molecule has 4 rings (SSSR count). The van der Waals surface area contributed by atoms with Crippen molar-refractivity contribution in [2.45, 2.75) is 25.2 Å². The van der Waals surface area contributed by atoms with Gasteiger partial charge in [0, 0.05) is 12.1 Å². The van der Waals surface area contributed by atoms with Crippen LogP contribution in [0.5, 0.6) is 0 Å². The summed E-state index contributed by atoms with van der Waals surface area (Å²) < 4.78 is 0. The molecule has 2 aromatic rings. The lowest BCUT2D eigenvalue weighted by molar-refractivity contribution is 0.0847. The number of Topliss-reactive ketones (excluding diaryl/α,β-unsaturated/α-hetero) is 1. The van der Waals surface area contributed by atoms with Crippen LogP contribution in [0.3, 0.4) is 0 Å². The van der Waals surface area contributed by atoms with Crippen LogP contribution in [0.4, 0.5) is 0 Å². The van der Waals surface area contributed by atoms with E-state index in [-0.39, 0.29) is 11.7 Å². The summed E-state index contributed by atoms with van der Waals surface area (Å²) in [6.07, 6.45) is 5.41. The Bertz CT molecular complexity index is 637. The number of hydrogen-bond acceptors (Lipinski definition) is 2. The Morgan fingerprint density at radius 3 is 2.48 bits per heavy atom.